The van der Waals surface area contributed by atoms with Gasteiger partial charge in [-0.3, -0.25) is 4.79 Å². The van der Waals surface area contributed by atoms with E-state index in [1.54, 1.807) is 7.11 Å². The molecule has 4 aromatic carbocycles. The van der Waals surface area contributed by atoms with Gasteiger partial charge in [-0.1, -0.05) is 97.9 Å². The van der Waals surface area contributed by atoms with E-state index in [9.17, 15) is 4.79 Å². The lowest BCUT2D eigenvalue weighted by atomic mass is 9.74. The molecule has 0 radical (unpaired) electrons. The maximum atomic E-state index is 14.0. The van der Waals surface area contributed by atoms with Crippen LogP contribution in [0.1, 0.15) is 30.5 Å². The zero-order valence-corrected chi connectivity index (χ0v) is 20.8. The smallest absolute Gasteiger partial charge is 0.227 e. The molecule has 0 N–H and O–H groups in total. The van der Waals surface area contributed by atoms with Crippen molar-refractivity contribution in [2.75, 3.05) is 7.11 Å². The molecule has 1 saturated heterocycles. The Labute approximate surface area is 213 Å². The summed E-state index contributed by atoms with van der Waals surface area (Å²) >= 11 is 0. The summed E-state index contributed by atoms with van der Waals surface area (Å²) in [6, 6.07) is 31.7. The number of allylic oxidation sites excluding steroid dienone is 1. The van der Waals surface area contributed by atoms with Crippen LogP contribution in [0.15, 0.2) is 103 Å². The van der Waals surface area contributed by atoms with Crippen LogP contribution in [-0.4, -0.2) is 17.9 Å². The van der Waals surface area contributed by atoms with Crippen molar-refractivity contribution in [1.82, 2.24) is 4.90 Å². The molecule has 180 valence electrons. The molecule has 4 atom stereocenters. The van der Waals surface area contributed by atoms with Gasteiger partial charge in [0.1, 0.15) is 5.75 Å². The van der Waals surface area contributed by atoms with Crippen molar-refractivity contribution in [3.63, 3.8) is 0 Å². The molecule has 1 heterocycles. The molecule has 2 aliphatic rings. The van der Waals surface area contributed by atoms with Crippen molar-refractivity contribution < 1.29 is 9.53 Å². The predicted octanol–water partition coefficient (Wildman–Crippen LogP) is 7.43. The molecule has 36 heavy (non-hydrogen) atoms. The second kappa shape index (κ2) is 9.31. The number of methoxy groups -OCH3 is 1. The number of amides is 1. The number of carbonyl (C=O) groups excluding carboxylic acids is 1. The quantitative estimate of drug-likeness (QED) is 0.282. The molecule has 1 amide bonds. The molecule has 1 aliphatic carbocycles. The van der Waals surface area contributed by atoms with E-state index in [0.29, 0.717) is 12.5 Å². The van der Waals surface area contributed by atoms with Gasteiger partial charge in [0.15, 0.2) is 0 Å². The first-order valence-electron chi connectivity index (χ1n) is 12.8. The van der Waals surface area contributed by atoms with E-state index in [4.69, 9.17) is 4.74 Å². The molecule has 3 heteroatoms. The maximum absolute atomic E-state index is 14.0. The zero-order chi connectivity index (χ0) is 24.6. The van der Waals surface area contributed by atoms with Crippen LogP contribution in [0.25, 0.3) is 21.9 Å². The summed E-state index contributed by atoms with van der Waals surface area (Å²) in [7, 11) is 1.70. The molecule has 1 fully saturated rings. The second-order valence-corrected chi connectivity index (χ2v) is 10.1. The van der Waals surface area contributed by atoms with Gasteiger partial charge in [0.2, 0.25) is 5.91 Å². The Morgan fingerprint density at radius 1 is 0.889 bits per heavy atom. The zero-order valence-electron chi connectivity index (χ0n) is 20.8. The van der Waals surface area contributed by atoms with Gasteiger partial charge in [0, 0.05) is 18.4 Å². The lowest BCUT2D eigenvalue weighted by Gasteiger charge is -2.31. The third-order valence-electron chi connectivity index (χ3n) is 8.02. The van der Waals surface area contributed by atoms with Gasteiger partial charge in [-0.15, -0.1) is 0 Å². The summed E-state index contributed by atoms with van der Waals surface area (Å²) in [6.45, 7) is 2.85. The van der Waals surface area contributed by atoms with Crippen molar-refractivity contribution in [3.8, 4) is 16.9 Å². The van der Waals surface area contributed by atoms with E-state index in [2.05, 4.69) is 96.8 Å². The van der Waals surface area contributed by atoms with Gasteiger partial charge in [-0.25, -0.2) is 0 Å². The highest BCUT2D eigenvalue weighted by atomic mass is 16.5. The molecule has 0 bridgehead atoms. The first-order valence-corrected chi connectivity index (χ1v) is 12.8. The van der Waals surface area contributed by atoms with E-state index >= 15 is 0 Å². The minimum Gasteiger partial charge on any atom is -0.497 e. The molecule has 0 spiro atoms. The molecule has 3 nitrogen and oxygen atoms in total. The maximum Gasteiger partial charge on any atom is 0.227 e. The third kappa shape index (κ3) is 3.80. The van der Waals surface area contributed by atoms with E-state index in [-0.39, 0.29) is 23.8 Å². The largest absolute Gasteiger partial charge is 0.497 e. The van der Waals surface area contributed by atoms with Crippen LogP contribution in [0, 0.1) is 17.8 Å². The van der Waals surface area contributed by atoms with Crippen molar-refractivity contribution in [3.05, 3.63) is 114 Å². The van der Waals surface area contributed by atoms with E-state index in [1.165, 1.54) is 21.9 Å². The second-order valence-electron chi connectivity index (χ2n) is 10.1. The average molecular weight is 474 g/mol. The fourth-order valence-corrected chi connectivity index (χ4v) is 6.29. The number of carbonyl (C=O) groups is 1. The standard InChI is InChI=1S/C33H31NO2/c1-22-9-8-14-28-30(22)33(35)34(21-23-10-4-3-5-11-23)32(28)29-20-17-24-12-6-7-13-27(24)31(29)25-15-18-26(36-2)19-16-25/h3-8,10-20,22,28,30,32H,9,21H2,1-2H3/t22-,28+,30+,32+/m0/s1. The summed E-state index contributed by atoms with van der Waals surface area (Å²) in [5, 5.41) is 2.42. The summed E-state index contributed by atoms with van der Waals surface area (Å²) in [5.74, 6) is 1.62. The molecule has 6 rings (SSSR count). The van der Waals surface area contributed by atoms with Crippen LogP contribution in [-0.2, 0) is 11.3 Å². The fraction of sp³-hybridized carbons (Fsp3) is 0.242. The highest BCUT2D eigenvalue weighted by molar-refractivity contribution is 5.99. The molecule has 4 aromatic rings. The Morgan fingerprint density at radius 3 is 2.42 bits per heavy atom. The Hall–Kier alpha value is -3.85. The van der Waals surface area contributed by atoms with Gasteiger partial charge < -0.3 is 9.64 Å². The van der Waals surface area contributed by atoms with Crippen LogP contribution in [0.4, 0.5) is 0 Å². The number of ether oxygens (including phenoxy) is 1. The van der Waals surface area contributed by atoms with Gasteiger partial charge in [-0.05, 0) is 57.5 Å². The molecule has 0 aromatic heterocycles. The number of hydrogen-bond acceptors (Lipinski definition) is 2. The van der Waals surface area contributed by atoms with E-state index in [0.717, 1.165) is 23.3 Å². The van der Waals surface area contributed by atoms with E-state index < -0.39 is 0 Å². The number of hydrogen-bond donors (Lipinski definition) is 0. The van der Waals surface area contributed by atoms with Crippen molar-refractivity contribution in [2.24, 2.45) is 17.8 Å². The van der Waals surface area contributed by atoms with Crippen LogP contribution >= 0.6 is 0 Å². The highest BCUT2D eigenvalue weighted by Gasteiger charge is 2.50. The van der Waals surface area contributed by atoms with Crippen molar-refractivity contribution >= 4 is 16.7 Å². The van der Waals surface area contributed by atoms with Crippen LogP contribution in [0.2, 0.25) is 0 Å². The van der Waals surface area contributed by atoms with Crippen LogP contribution in [0.3, 0.4) is 0 Å². The highest BCUT2D eigenvalue weighted by Crippen LogP contribution is 2.51. The number of benzene rings is 4. The van der Waals surface area contributed by atoms with Gasteiger partial charge in [0.05, 0.1) is 13.2 Å². The van der Waals surface area contributed by atoms with Crippen LogP contribution in [0.5, 0.6) is 5.75 Å². The topological polar surface area (TPSA) is 29.5 Å². The molecular weight excluding hydrogens is 442 g/mol. The molecular formula is C33H31NO2. The summed E-state index contributed by atoms with van der Waals surface area (Å²) < 4.78 is 5.44. The summed E-state index contributed by atoms with van der Waals surface area (Å²) in [6.07, 6.45) is 5.55. The normalized spacial score (nSPS) is 23.2. The lowest BCUT2D eigenvalue weighted by Crippen LogP contribution is -2.30. The summed E-state index contributed by atoms with van der Waals surface area (Å²) in [5.41, 5.74) is 4.73. The third-order valence-corrected chi connectivity index (χ3v) is 8.02. The predicted molar refractivity (Wildman–Crippen MR) is 146 cm³/mol. The monoisotopic (exact) mass is 473 g/mol. The Kier molecular flexibility index (Phi) is 5.85. The first-order chi connectivity index (χ1) is 17.7. The van der Waals surface area contributed by atoms with Gasteiger partial charge in [-0.2, -0.15) is 0 Å². The number of likely N-dealkylation sites (tertiary alicyclic amines) is 1. The molecule has 0 saturated carbocycles. The average Bonchev–Trinajstić information content (AvgIpc) is 3.20. The van der Waals surface area contributed by atoms with Crippen LogP contribution < -0.4 is 4.74 Å². The lowest BCUT2D eigenvalue weighted by molar-refractivity contribution is -0.134. The fourth-order valence-electron chi connectivity index (χ4n) is 6.29. The summed E-state index contributed by atoms with van der Waals surface area (Å²) in [4.78, 5) is 16.2. The van der Waals surface area contributed by atoms with Crippen molar-refractivity contribution in [2.45, 2.75) is 25.9 Å². The molecule has 1 aliphatic heterocycles. The number of fused-ring (bicyclic) bond motifs is 2. The first kappa shape index (κ1) is 22.6. The Bertz CT molecular complexity index is 1420. The van der Waals surface area contributed by atoms with Crippen molar-refractivity contribution in [1.29, 1.82) is 0 Å². The minimum absolute atomic E-state index is 0.0129. The SMILES string of the molecule is COc1ccc(-c2c([C@H]3[C@@H]4C=CC[C@H](C)[C@H]4C(=O)N3Cc3ccccc3)ccc3ccccc23)cc1. The minimum atomic E-state index is -0.0246. The Balaban J connectivity index is 1.56. The number of nitrogens with zero attached hydrogens (tertiary/aromatic N) is 1. The molecule has 0 unspecified atom stereocenters. The van der Waals surface area contributed by atoms with E-state index in [1.807, 2.05) is 18.2 Å². The number of rotatable bonds is 5. The van der Waals surface area contributed by atoms with Gasteiger partial charge in [0.25, 0.3) is 0 Å². The van der Waals surface area contributed by atoms with Gasteiger partial charge >= 0.3 is 0 Å². The Morgan fingerprint density at radius 2 is 1.64 bits per heavy atom.